The molecule has 0 aromatic rings. The summed E-state index contributed by atoms with van der Waals surface area (Å²) in [5.74, 6) is 0.112. The van der Waals surface area contributed by atoms with Gasteiger partial charge in [0.15, 0.2) is 0 Å². The molecule has 2 atom stereocenters. The molecule has 0 radical (unpaired) electrons. The number of nitrogens with two attached hydrogens (primary N) is 1. The fourth-order valence-corrected chi connectivity index (χ4v) is 3.54. The molecule has 0 aromatic heterocycles. The molecule has 1 heterocycles. The van der Waals surface area contributed by atoms with Crippen molar-refractivity contribution in [3.05, 3.63) is 0 Å². The Balaban J connectivity index is 3.09. The Bertz CT molecular complexity index is 367. The van der Waals surface area contributed by atoms with E-state index in [9.17, 15) is 4.79 Å². The Labute approximate surface area is 134 Å². The molecule has 0 aromatic carbocycles. The molecule has 0 saturated carbocycles. The molecule has 0 bridgehead atoms. The van der Waals surface area contributed by atoms with Crippen LogP contribution in [0, 0.1) is 5.41 Å². The van der Waals surface area contributed by atoms with Gasteiger partial charge in [-0.1, -0.05) is 45.8 Å². The molecular weight excluding hydrogens is 284 g/mol. The van der Waals surface area contributed by atoms with Gasteiger partial charge in [-0.2, -0.15) is 0 Å². The molecule has 1 aliphatic heterocycles. The summed E-state index contributed by atoms with van der Waals surface area (Å²) < 4.78 is 5.70. The van der Waals surface area contributed by atoms with E-state index in [1.807, 2.05) is 11.8 Å². The van der Waals surface area contributed by atoms with Crippen LogP contribution in [0.1, 0.15) is 59.8 Å². The van der Waals surface area contributed by atoms with Crippen LogP contribution in [0.25, 0.3) is 0 Å². The number of hydrogen-bond acceptors (Lipinski definition) is 3. The molecule has 5 heteroatoms. The Hall–Kier alpha value is -0.680. The summed E-state index contributed by atoms with van der Waals surface area (Å²) in [6, 6.07) is 0.135. The number of rotatable bonds is 7. The minimum Gasteiger partial charge on any atom is -0.392 e. The van der Waals surface area contributed by atoms with Crippen molar-refractivity contribution in [1.29, 1.82) is 0 Å². The lowest BCUT2D eigenvalue weighted by Crippen LogP contribution is -2.58. The molecule has 21 heavy (non-hydrogen) atoms. The summed E-state index contributed by atoms with van der Waals surface area (Å²) in [6.07, 6.45) is 4.24. The second-order valence-electron chi connectivity index (χ2n) is 6.11. The Kier molecular flexibility index (Phi) is 7.07. The van der Waals surface area contributed by atoms with Crippen LogP contribution in [-0.2, 0) is 9.53 Å². The quantitative estimate of drug-likeness (QED) is 0.734. The van der Waals surface area contributed by atoms with Crippen LogP contribution in [0.15, 0.2) is 0 Å². The molecule has 1 rings (SSSR count). The third kappa shape index (κ3) is 3.95. The first kappa shape index (κ1) is 18.4. The van der Waals surface area contributed by atoms with Gasteiger partial charge in [0.1, 0.15) is 0 Å². The lowest BCUT2D eigenvalue weighted by Gasteiger charge is -2.44. The minimum atomic E-state index is -0.677. The van der Waals surface area contributed by atoms with E-state index in [0.29, 0.717) is 18.1 Å². The van der Waals surface area contributed by atoms with Crippen molar-refractivity contribution in [1.82, 2.24) is 4.90 Å². The zero-order valence-corrected chi connectivity index (χ0v) is 14.7. The number of carbonyl (C=O) groups is 1. The summed E-state index contributed by atoms with van der Waals surface area (Å²) in [6.45, 7) is 9.50. The number of amides is 1. The van der Waals surface area contributed by atoms with Crippen LogP contribution in [0.4, 0.5) is 0 Å². The van der Waals surface area contributed by atoms with Crippen molar-refractivity contribution in [2.24, 2.45) is 11.1 Å². The molecule has 1 aliphatic rings. The third-order valence-corrected chi connectivity index (χ3v) is 4.83. The number of morpholine rings is 1. The summed E-state index contributed by atoms with van der Waals surface area (Å²) >= 11 is 5.31. The Morgan fingerprint density at radius 2 is 1.90 bits per heavy atom. The average Bonchev–Trinajstić information content (AvgIpc) is 2.45. The highest BCUT2D eigenvalue weighted by atomic mass is 32.1. The van der Waals surface area contributed by atoms with Crippen LogP contribution >= 0.6 is 12.2 Å². The summed E-state index contributed by atoms with van der Waals surface area (Å²) in [5.41, 5.74) is 5.35. The van der Waals surface area contributed by atoms with Gasteiger partial charge in [0.05, 0.1) is 29.2 Å². The zero-order valence-electron chi connectivity index (χ0n) is 13.9. The average molecular weight is 314 g/mol. The maximum absolute atomic E-state index is 13.3. The maximum atomic E-state index is 13.3. The SMILES string of the molecule is CCCC(CCC)(C(=O)N1CC(C)OCC1CC)C(N)=S. The molecule has 1 amide bonds. The number of carbonyl (C=O) groups excluding carboxylic acids is 1. The lowest BCUT2D eigenvalue weighted by molar-refractivity contribution is -0.152. The van der Waals surface area contributed by atoms with E-state index in [2.05, 4.69) is 20.8 Å². The van der Waals surface area contributed by atoms with Crippen molar-refractivity contribution >= 4 is 23.1 Å². The van der Waals surface area contributed by atoms with Gasteiger partial charge in [0, 0.05) is 6.54 Å². The highest BCUT2D eigenvalue weighted by Crippen LogP contribution is 2.34. The van der Waals surface area contributed by atoms with Gasteiger partial charge in [-0.25, -0.2) is 0 Å². The van der Waals surface area contributed by atoms with E-state index < -0.39 is 5.41 Å². The first-order chi connectivity index (χ1) is 9.92. The first-order valence-corrected chi connectivity index (χ1v) is 8.56. The van der Waals surface area contributed by atoms with Crippen molar-refractivity contribution in [3.63, 3.8) is 0 Å². The van der Waals surface area contributed by atoms with E-state index in [-0.39, 0.29) is 18.1 Å². The standard InChI is InChI=1S/C16H30N2O2S/c1-5-8-16(9-6-2,14(17)21)15(19)18-10-12(4)20-11-13(18)7-3/h12-13H,5-11H2,1-4H3,(H2,17,21). The number of thiocarbonyl (C=S) groups is 1. The fraction of sp³-hybridized carbons (Fsp3) is 0.875. The van der Waals surface area contributed by atoms with Gasteiger partial charge in [-0.05, 0) is 26.2 Å². The van der Waals surface area contributed by atoms with Crippen LogP contribution < -0.4 is 5.73 Å². The maximum Gasteiger partial charge on any atom is 0.236 e. The number of hydrogen-bond donors (Lipinski definition) is 1. The molecular formula is C16H30N2O2S. The van der Waals surface area contributed by atoms with Gasteiger partial charge in [-0.3, -0.25) is 4.79 Å². The van der Waals surface area contributed by atoms with Crippen LogP contribution in [0.2, 0.25) is 0 Å². The van der Waals surface area contributed by atoms with E-state index >= 15 is 0 Å². The fourth-order valence-electron chi connectivity index (χ4n) is 3.25. The highest BCUT2D eigenvalue weighted by Gasteiger charge is 2.45. The van der Waals surface area contributed by atoms with Gasteiger partial charge >= 0.3 is 0 Å². The molecule has 122 valence electrons. The lowest BCUT2D eigenvalue weighted by atomic mass is 9.77. The van der Waals surface area contributed by atoms with Crippen molar-refractivity contribution in [2.75, 3.05) is 13.2 Å². The molecule has 1 saturated heterocycles. The van der Waals surface area contributed by atoms with Gasteiger partial charge < -0.3 is 15.4 Å². The zero-order chi connectivity index (χ0) is 16.0. The molecule has 2 N–H and O–H groups in total. The predicted molar refractivity (Wildman–Crippen MR) is 90.2 cm³/mol. The normalized spacial score (nSPS) is 23.1. The predicted octanol–water partition coefficient (Wildman–Crippen LogP) is 2.89. The van der Waals surface area contributed by atoms with Crippen LogP contribution in [-0.4, -0.2) is 41.1 Å². The minimum absolute atomic E-state index is 0.0732. The molecule has 1 fully saturated rings. The molecule has 0 aliphatic carbocycles. The van der Waals surface area contributed by atoms with Crippen LogP contribution in [0.3, 0.4) is 0 Å². The second-order valence-corrected chi connectivity index (χ2v) is 6.55. The molecule has 4 nitrogen and oxygen atoms in total. The highest BCUT2D eigenvalue weighted by molar-refractivity contribution is 7.80. The number of nitrogens with zero attached hydrogens (tertiary/aromatic N) is 1. The third-order valence-electron chi connectivity index (χ3n) is 4.43. The monoisotopic (exact) mass is 314 g/mol. The van der Waals surface area contributed by atoms with E-state index in [1.54, 1.807) is 0 Å². The van der Waals surface area contributed by atoms with E-state index in [4.69, 9.17) is 22.7 Å². The molecule has 0 spiro atoms. The van der Waals surface area contributed by atoms with Gasteiger partial charge in [0.25, 0.3) is 0 Å². The smallest absolute Gasteiger partial charge is 0.236 e. The Morgan fingerprint density at radius 1 is 1.33 bits per heavy atom. The van der Waals surface area contributed by atoms with Crippen LogP contribution in [0.5, 0.6) is 0 Å². The second kappa shape index (κ2) is 8.08. The van der Waals surface area contributed by atoms with E-state index in [1.165, 1.54) is 0 Å². The number of ether oxygens (including phenoxy) is 1. The largest absolute Gasteiger partial charge is 0.392 e. The van der Waals surface area contributed by atoms with Crippen molar-refractivity contribution < 1.29 is 9.53 Å². The van der Waals surface area contributed by atoms with Gasteiger partial charge in [0.2, 0.25) is 5.91 Å². The van der Waals surface area contributed by atoms with Crippen molar-refractivity contribution in [2.45, 2.75) is 71.9 Å². The Morgan fingerprint density at radius 3 is 2.33 bits per heavy atom. The van der Waals surface area contributed by atoms with Gasteiger partial charge in [-0.15, -0.1) is 0 Å². The summed E-state index contributed by atoms with van der Waals surface area (Å²) in [4.78, 5) is 15.6. The summed E-state index contributed by atoms with van der Waals surface area (Å²) in [7, 11) is 0. The van der Waals surface area contributed by atoms with Crippen molar-refractivity contribution in [3.8, 4) is 0 Å². The molecule has 2 unspecified atom stereocenters. The van der Waals surface area contributed by atoms with E-state index in [0.717, 1.165) is 32.1 Å². The first-order valence-electron chi connectivity index (χ1n) is 8.15. The topological polar surface area (TPSA) is 55.6 Å². The summed E-state index contributed by atoms with van der Waals surface area (Å²) in [5, 5.41) is 0.